The summed E-state index contributed by atoms with van der Waals surface area (Å²) in [4.78, 5) is 5.65. The first kappa shape index (κ1) is 15.9. The molecule has 1 heterocycles. The minimum absolute atomic E-state index is 0.672. The fourth-order valence-corrected chi connectivity index (χ4v) is 2.40. The highest BCUT2D eigenvalue weighted by atomic mass is 32.2. The normalized spacial score (nSPS) is 10.6. The number of nitrogens with one attached hydrogen (secondary N) is 1. The summed E-state index contributed by atoms with van der Waals surface area (Å²) in [5.41, 5.74) is 2.24. The number of thioether (sulfide) groups is 1. The van der Waals surface area contributed by atoms with Gasteiger partial charge in [0.2, 0.25) is 5.88 Å². The van der Waals surface area contributed by atoms with E-state index in [1.807, 2.05) is 25.3 Å². The van der Waals surface area contributed by atoms with Gasteiger partial charge in [-0.3, -0.25) is 0 Å². The molecular formula is C17H22N2OS. The molecule has 0 radical (unpaired) electrons. The smallest absolute Gasteiger partial charge is 0.222 e. The third-order valence-corrected chi connectivity index (χ3v) is 3.86. The number of aryl methyl sites for hydroxylation is 1. The summed E-state index contributed by atoms with van der Waals surface area (Å²) in [6.45, 7) is 6.07. The summed E-state index contributed by atoms with van der Waals surface area (Å²) in [6, 6.07) is 10.2. The van der Waals surface area contributed by atoms with Crippen molar-refractivity contribution in [2.75, 3.05) is 12.8 Å². The number of aromatic nitrogens is 1. The second-order valence-electron chi connectivity index (χ2n) is 4.92. The molecule has 1 aromatic carbocycles. The average Bonchev–Trinajstić information content (AvgIpc) is 2.51. The third-order valence-electron chi connectivity index (χ3n) is 3.12. The first-order valence-corrected chi connectivity index (χ1v) is 8.43. The SMILES string of the molecule is CCCNCc1cnc(Oc2ccc(SC)cc2)c(C)c1. The van der Waals surface area contributed by atoms with Crippen molar-refractivity contribution in [3.05, 3.63) is 47.7 Å². The Labute approximate surface area is 131 Å². The van der Waals surface area contributed by atoms with Crippen molar-refractivity contribution in [2.45, 2.75) is 31.7 Å². The molecule has 0 amide bonds. The van der Waals surface area contributed by atoms with Crippen LogP contribution in [0.1, 0.15) is 24.5 Å². The molecule has 3 nitrogen and oxygen atoms in total. The summed E-state index contributed by atoms with van der Waals surface area (Å²) < 4.78 is 5.85. The zero-order valence-corrected chi connectivity index (χ0v) is 13.7. The lowest BCUT2D eigenvalue weighted by atomic mass is 10.2. The lowest BCUT2D eigenvalue weighted by Gasteiger charge is -2.10. The van der Waals surface area contributed by atoms with Gasteiger partial charge in [0.05, 0.1) is 0 Å². The van der Waals surface area contributed by atoms with E-state index < -0.39 is 0 Å². The fourth-order valence-electron chi connectivity index (χ4n) is 1.99. The number of hydrogen-bond donors (Lipinski definition) is 1. The van der Waals surface area contributed by atoms with Crippen LogP contribution in [0.4, 0.5) is 0 Å². The van der Waals surface area contributed by atoms with Gasteiger partial charge in [-0.1, -0.05) is 6.92 Å². The summed E-state index contributed by atoms with van der Waals surface area (Å²) >= 11 is 1.72. The van der Waals surface area contributed by atoms with Crippen LogP contribution < -0.4 is 10.1 Å². The molecule has 2 aromatic rings. The molecule has 112 valence electrons. The van der Waals surface area contributed by atoms with Crippen molar-refractivity contribution < 1.29 is 4.74 Å². The summed E-state index contributed by atoms with van der Waals surface area (Å²) in [5, 5.41) is 3.38. The molecule has 0 fully saturated rings. The zero-order valence-electron chi connectivity index (χ0n) is 12.8. The highest BCUT2D eigenvalue weighted by Crippen LogP contribution is 2.25. The first-order valence-electron chi connectivity index (χ1n) is 7.21. The van der Waals surface area contributed by atoms with E-state index in [1.165, 1.54) is 10.5 Å². The van der Waals surface area contributed by atoms with Crippen molar-refractivity contribution in [3.63, 3.8) is 0 Å². The standard InChI is InChI=1S/C17H22N2OS/c1-4-9-18-11-14-10-13(2)17(19-12-14)20-15-5-7-16(21-3)8-6-15/h5-8,10,12,18H,4,9,11H2,1-3H3. The van der Waals surface area contributed by atoms with Gasteiger partial charge in [0, 0.05) is 23.2 Å². The van der Waals surface area contributed by atoms with Crippen LogP contribution in [0.2, 0.25) is 0 Å². The van der Waals surface area contributed by atoms with Crippen LogP contribution in [0.25, 0.3) is 0 Å². The Hall–Kier alpha value is -1.52. The molecule has 0 unspecified atom stereocenters. The maximum atomic E-state index is 5.85. The van der Waals surface area contributed by atoms with Gasteiger partial charge in [-0.25, -0.2) is 4.98 Å². The quantitative estimate of drug-likeness (QED) is 0.607. The molecule has 0 aliphatic rings. The predicted molar refractivity (Wildman–Crippen MR) is 89.3 cm³/mol. The number of ether oxygens (including phenoxy) is 1. The van der Waals surface area contributed by atoms with E-state index in [1.54, 1.807) is 11.8 Å². The number of hydrogen-bond acceptors (Lipinski definition) is 4. The summed E-state index contributed by atoms with van der Waals surface area (Å²) in [6.07, 6.45) is 5.08. The number of nitrogens with zero attached hydrogens (tertiary/aromatic N) is 1. The Kier molecular flexibility index (Phi) is 6.08. The van der Waals surface area contributed by atoms with E-state index in [0.29, 0.717) is 5.88 Å². The topological polar surface area (TPSA) is 34.2 Å². The summed E-state index contributed by atoms with van der Waals surface area (Å²) in [7, 11) is 0. The summed E-state index contributed by atoms with van der Waals surface area (Å²) in [5.74, 6) is 1.49. The van der Waals surface area contributed by atoms with Crippen LogP contribution in [-0.4, -0.2) is 17.8 Å². The second-order valence-corrected chi connectivity index (χ2v) is 5.80. The molecule has 21 heavy (non-hydrogen) atoms. The number of rotatable bonds is 7. The van der Waals surface area contributed by atoms with Crippen molar-refractivity contribution in [2.24, 2.45) is 0 Å². The van der Waals surface area contributed by atoms with E-state index in [4.69, 9.17) is 4.74 Å². The first-order chi connectivity index (χ1) is 10.2. The largest absolute Gasteiger partial charge is 0.439 e. The lowest BCUT2D eigenvalue weighted by molar-refractivity contribution is 0.458. The Morgan fingerprint density at radius 2 is 2.00 bits per heavy atom. The van der Waals surface area contributed by atoms with Crippen molar-refractivity contribution in [3.8, 4) is 11.6 Å². The Bertz CT molecular complexity index is 570. The molecule has 1 aromatic heterocycles. The molecule has 0 atom stereocenters. The molecule has 0 aliphatic carbocycles. The minimum atomic E-state index is 0.672. The third kappa shape index (κ3) is 4.76. The fraction of sp³-hybridized carbons (Fsp3) is 0.353. The van der Waals surface area contributed by atoms with Gasteiger partial charge in [-0.05, 0) is 62.0 Å². The maximum absolute atomic E-state index is 5.85. The number of pyridine rings is 1. The molecule has 4 heteroatoms. The van der Waals surface area contributed by atoms with Crippen LogP contribution in [0, 0.1) is 6.92 Å². The highest BCUT2D eigenvalue weighted by molar-refractivity contribution is 7.98. The van der Waals surface area contributed by atoms with Crippen molar-refractivity contribution >= 4 is 11.8 Å². The van der Waals surface area contributed by atoms with Crippen molar-refractivity contribution in [1.29, 1.82) is 0 Å². The van der Waals surface area contributed by atoms with Gasteiger partial charge in [0.1, 0.15) is 5.75 Å². The molecule has 0 saturated carbocycles. The van der Waals surface area contributed by atoms with E-state index in [0.717, 1.165) is 30.8 Å². The van der Waals surface area contributed by atoms with Crippen LogP contribution in [0.15, 0.2) is 41.4 Å². The second kappa shape index (κ2) is 8.05. The van der Waals surface area contributed by atoms with Crippen LogP contribution >= 0.6 is 11.8 Å². The van der Waals surface area contributed by atoms with Gasteiger partial charge in [0.25, 0.3) is 0 Å². The predicted octanol–water partition coefficient (Wildman–Crippen LogP) is 4.40. The van der Waals surface area contributed by atoms with Gasteiger partial charge < -0.3 is 10.1 Å². The Morgan fingerprint density at radius 1 is 1.24 bits per heavy atom. The van der Waals surface area contributed by atoms with Gasteiger partial charge in [-0.2, -0.15) is 0 Å². The Balaban J connectivity index is 2.02. The molecule has 0 bridgehead atoms. The Morgan fingerprint density at radius 3 is 2.62 bits per heavy atom. The van der Waals surface area contributed by atoms with Crippen molar-refractivity contribution in [1.82, 2.24) is 10.3 Å². The van der Waals surface area contributed by atoms with Crippen LogP contribution in [0.5, 0.6) is 11.6 Å². The molecule has 0 aliphatic heterocycles. The van der Waals surface area contributed by atoms with E-state index in [2.05, 4.69) is 41.7 Å². The number of benzene rings is 1. The minimum Gasteiger partial charge on any atom is -0.439 e. The molecular weight excluding hydrogens is 280 g/mol. The van der Waals surface area contributed by atoms with Crippen LogP contribution in [-0.2, 0) is 6.54 Å². The van der Waals surface area contributed by atoms with E-state index in [-0.39, 0.29) is 0 Å². The maximum Gasteiger partial charge on any atom is 0.222 e. The average molecular weight is 302 g/mol. The molecule has 0 saturated heterocycles. The molecule has 2 rings (SSSR count). The zero-order chi connectivity index (χ0) is 15.1. The van der Waals surface area contributed by atoms with E-state index >= 15 is 0 Å². The molecule has 1 N–H and O–H groups in total. The highest BCUT2D eigenvalue weighted by Gasteiger charge is 2.05. The molecule has 0 spiro atoms. The van der Waals surface area contributed by atoms with Gasteiger partial charge >= 0.3 is 0 Å². The van der Waals surface area contributed by atoms with Crippen LogP contribution in [0.3, 0.4) is 0 Å². The van der Waals surface area contributed by atoms with Gasteiger partial charge in [-0.15, -0.1) is 11.8 Å². The van der Waals surface area contributed by atoms with Gasteiger partial charge in [0.15, 0.2) is 0 Å². The monoisotopic (exact) mass is 302 g/mol. The van der Waals surface area contributed by atoms with E-state index in [9.17, 15) is 0 Å². The lowest BCUT2D eigenvalue weighted by Crippen LogP contribution is -2.14.